The summed E-state index contributed by atoms with van der Waals surface area (Å²) in [6.45, 7) is 5.45. The Bertz CT molecular complexity index is 996. The number of hydrogen-bond acceptors (Lipinski definition) is 6. The zero-order valence-electron chi connectivity index (χ0n) is 18.4. The molecule has 0 unspecified atom stereocenters. The lowest BCUT2D eigenvalue weighted by molar-refractivity contribution is -0.129. The Balaban J connectivity index is 1.61. The van der Waals surface area contributed by atoms with Gasteiger partial charge in [0, 0.05) is 62.7 Å². The van der Waals surface area contributed by atoms with Gasteiger partial charge in [-0.15, -0.1) is 0 Å². The molecule has 0 atom stereocenters. The Kier molecular flexibility index (Phi) is 5.25. The van der Waals surface area contributed by atoms with E-state index in [0.717, 1.165) is 69.9 Å². The van der Waals surface area contributed by atoms with Crippen LogP contribution in [0.5, 0.6) is 5.75 Å². The molecule has 1 aromatic carbocycles. The molecule has 31 heavy (non-hydrogen) atoms. The van der Waals surface area contributed by atoms with Crippen LogP contribution in [-0.4, -0.2) is 54.0 Å². The Hall–Kier alpha value is -2.74. The second-order valence-electron chi connectivity index (χ2n) is 8.71. The summed E-state index contributed by atoms with van der Waals surface area (Å²) in [7, 11) is 1.65. The van der Waals surface area contributed by atoms with Crippen molar-refractivity contribution in [2.75, 3.05) is 44.0 Å². The Morgan fingerprint density at radius 2 is 2.03 bits per heavy atom. The topological polar surface area (TPSA) is 85.8 Å². The van der Waals surface area contributed by atoms with Crippen molar-refractivity contribution in [3.63, 3.8) is 0 Å². The normalized spacial score (nSPS) is 19.2. The molecule has 0 bridgehead atoms. The molecule has 2 N–H and O–H groups in total. The third kappa shape index (κ3) is 3.52. The van der Waals surface area contributed by atoms with Gasteiger partial charge < -0.3 is 25.0 Å². The second-order valence-corrected chi connectivity index (χ2v) is 8.71. The molecule has 8 heteroatoms. The first-order chi connectivity index (χ1) is 15.1. The molecule has 1 amide bonds. The molecule has 3 aliphatic rings. The summed E-state index contributed by atoms with van der Waals surface area (Å²) in [5.74, 6) is 1.78. The fourth-order valence-electron chi connectivity index (χ4n) is 5.18. The van der Waals surface area contributed by atoms with Gasteiger partial charge in [-0.2, -0.15) is 5.10 Å². The van der Waals surface area contributed by atoms with E-state index in [9.17, 15) is 4.79 Å². The fourth-order valence-corrected chi connectivity index (χ4v) is 5.18. The van der Waals surface area contributed by atoms with Crippen LogP contribution in [-0.2, 0) is 28.9 Å². The third-order valence-corrected chi connectivity index (χ3v) is 6.85. The summed E-state index contributed by atoms with van der Waals surface area (Å²) in [6.07, 6.45) is 4.82. The molecule has 0 radical (unpaired) electrons. The van der Waals surface area contributed by atoms with E-state index in [1.165, 1.54) is 16.8 Å². The molecule has 166 valence electrons. The Labute approximate surface area is 182 Å². The molecule has 8 nitrogen and oxygen atoms in total. The fraction of sp³-hybridized carbons (Fsp3) is 0.565. The van der Waals surface area contributed by atoms with Crippen molar-refractivity contribution >= 4 is 23.1 Å². The lowest BCUT2D eigenvalue weighted by atomic mass is 9.99. The summed E-state index contributed by atoms with van der Waals surface area (Å²) in [5.41, 5.74) is 11.6. The summed E-state index contributed by atoms with van der Waals surface area (Å²) in [4.78, 5) is 16.4. The molecule has 3 aliphatic heterocycles. The summed E-state index contributed by atoms with van der Waals surface area (Å²) in [5, 5.41) is 5.19. The van der Waals surface area contributed by atoms with Gasteiger partial charge in [-0.1, -0.05) is 0 Å². The van der Waals surface area contributed by atoms with Crippen molar-refractivity contribution in [3.05, 3.63) is 29.0 Å². The van der Waals surface area contributed by atoms with Gasteiger partial charge >= 0.3 is 0 Å². The van der Waals surface area contributed by atoms with Gasteiger partial charge in [-0.25, -0.2) is 0 Å². The highest BCUT2D eigenvalue weighted by Gasteiger charge is 2.33. The number of benzene rings is 1. The first kappa shape index (κ1) is 20.2. The molecule has 2 aromatic rings. The monoisotopic (exact) mass is 425 g/mol. The van der Waals surface area contributed by atoms with Gasteiger partial charge in [0.15, 0.2) is 5.82 Å². The number of aryl methyl sites for hydroxylation is 1. The van der Waals surface area contributed by atoms with Crippen LogP contribution in [0.15, 0.2) is 12.1 Å². The maximum Gasteiger partial charge on any atom is 0.219 e. The van der Waals surface area contributed by atoms with Crippen LogP contribution in [0.4, 0.5) is 17.2 Å². The average molecular weight is 426 g/mol. The van der Waals surface area contributed by atoms with Crippen molar-refractivity contribution in [2.24, 2.45) is 0 Å². The highest BCUT2D eigenvalue weighted by Crippen LogP contribution is 2.42. The van der Waals surface area contributed by atoms with E-state index < -0.39 is 0 Å². The number of carbonyl (C=O) groups is 1. The molecule has 1 aromatic heterocycles. The number of aromatic nitrogens is 2. The van der Waals surface area contributed by atoms with Gasteiger partial charge in [0.2, 0.25) is 5.91 Å². The van der Waals surface area contributed by atoms with Crippen LogP contribution in [0.3, 0.4) is 0 Å². The number of anilines is 3. The number of fused-ring (bicyclic) bond motifs is 2. The Morgan fingerprint density at radius 1 is 1.23 bits per heavy atom. The molecule has 4 heterocycles. The van der Waals surface area contributed by atoms with Crippen molar-refractivity contribution in [3.8, 4) is 5.75 Å². The third-order valence-electron chi connectivity index (χ3n) is 6.85. The highest BCUT2D eigenvalue weighted by molar-refractivity contribution is 5.76. The maximum absolute atomic E-state index is 12.2. The van der Waals surface area contributed by atoms with Crippen LogP contribution < -0.4 is 15.4 Å². The summed E-state index contributed by atoms with van der Waals surface area (Å²) >= 11 is 0. The summed E-state index contributed by atoms with van der Waals surface area (Å²) in [6, 6.07) is 4.42. The van der Waals surface area contributed by atoms with E-state index in [1.54, 1.807) is 14.0 Å². The van der Waals surface area contributed by atoms with Crippen LogP contribution in [0.1, 0.15) is 49.0 Å². The van der Waals surface area contributed by atoms with Crippen LogP contribution in [0.25, 0.3) is 0 Å². The van der Waals surface area contributed by atoms with Crippen LogP contribution in [0, 0.1) is 0 Å². The number of hydrogen-bond donors (Lipinski definition) is 1. The molecule has 0 saturated carbocycles. The minimum atomic E-state index is 0.115. The number of ether oxygens (including phenoxy) is 2. The standard InChI is InChI=1S/C23H31N5O3/c1-15(29)26-9-5-20-18(14-26)23(25-28(20)17-6-10-31-11-7-17)27-8-3-4-16-12-19(24)22(30-2)13-21(16)27/h12-13,17H,3-11,14,24H2,1-2H3. The first-order valence-corrected chi connectivity index (χ1v) is 11.2. The van der Waals surface area contributed by atoms with E-state index in [-0.39, 0.29) is 5.91 Å². The number of nitrogens with two attached hydrogens (primary N) is 1. The predicted molar refractivity (Wildman–Crippen MR) is 119 cm³/mol. The van der Waals surface area contributed by atoms with E-state index in [4.69, 9.17) is 20.3 Å². The van der Waals surface area contributed by atoms with E-state index >= 15 is 0 Å². The molecule has 0 aliphatic carbocycles. The number of carbonyl (C=O) groups excluding carboxylic acids is 1. The number of nitrogen functional groups attached to an aromatic ring is 1. The lowest BCUT2D eigenvalue weighted by Crippen LogP contribution is -2.36. The number of methoxy groups -OCH3 is 1. The zero-order chi connectivity index (χ0) is 21.5. The van der Waals surface area contributed by atoms with Crippen LogP contribution >= 0.6 is 0 Å². The minimum Gasteiger partial charge on any atom is -0.495 e. The van der Waals surface area contributed by atoms with Crippen molar-refractivity contribution in [1.29, 1.82) is 0 Å². The predicted octanol–water partition coefficient (Wildman–Crippen LogP) is 2.81. The summed E-state index contributed by atoms with van der Waals surface area (Å²) < 4.78 is 13.3. The van der Waals surface area contributed by atoms with Gasteiger partial charge in [0.25, 0.3) is 0 Å². The van der Waals surface area contributed by atoms with Crippen molar-refractivity contribution in [1.82, 2.24) is 14.7 Å². The van der Waals surface area contributed by atoms with Gasteiger partial charge in [0.05, 0.1) is 25.4 Å². The second kappa shape index (κ2) is 8.07. The van der Waals surface area contributed by atoms with E-state index in [0.29, 0.717) is 24.0 Å². The minimum absolute atomic E-state index is 0.115. The lowest BCUT2D eigenvalue weighted by Gasteiger charge is -2.33. The van der Waals surface area contributed by atoms with E-state index in [2.05, 4.69) is 9.58 Å². The SMILES string of the molecule is COc1cc2c(cc1N)CCCN2c1nn(C2CCOCC2)c2c1CN(C(C)=O)CC2. The zero-order valence-corrected chi connectivity index (χ0v) is 18.4. The molecule has 1 fully saturated rings. The Morgan fingerprint density at radius 3 is 2.77 bits per heavy atom. The van der Waals surface area contributed by atoms with Crippen molar-refractivity contribution in [2.45, 2.75) is 51.6 Å². The molecule has 0 spiro atoms. The van der Waals surface area contributed by atoms with Crippen LogP contribution in [0.2, 0.25) is 0 Å². The highest BCUT2D eigenvalue weighted by atomic mass is 16.5. The molecule has 1 saturated heterocycles. The first-order valence-electron chi connectivity index (χ1n) is 11.2. The quantitative estimate of drug-likeness (QED) is 0.761. The number of amides is 1. The van der Waals surface area contributed by atoms with E-state index in [1.807, 2.05) is 17.0 Å². The molecular weight excluding hydrogens is 394 g/mol. The smallest absolute Gasteiger partial charge is 0.219 e. The van der Waals surface area contributed by atoms with Crippen molar-refractivity contribution < 1.29 is 14.3 Å². The van der Waals surface area contributed by atoms with Gasteiger partial charge in [-0.05, 0) is 37.3 Å². The van der Waals surface area contributed by atoms with Gasteiger partial charge in [-0.3, -0.25) is 9.48 Å². The molecule has 5 rings (SSSR count). The average Bonchev–Trinajstić information content (AvgIpc) is 3.17. The maximum atomic E-state index is 12.2. The number of nitrogens with zero attached hydrogens (tertiary/aromatic N) is 4. The van der Waals surface area contributed by atoms with Gasteiger partial charge in [0.1, 0.15) is 5.75 Å². The molecular formula is C23H31N5O3. The largest absolute Gasteiger partial charge is 0.495 e. The number of rotatable bonds is 3.